The fraction of sp³-hybridized carbons (Fsp3) is 1.00. The molecule has 0 aromatic heterocycles. The molecule has 0 aromatic rings. The molecule has 19 heavy (non-hydrogen) atoms. The van der Waals surface area contributed by atoms with Gasteiger partial charge in [-0.1, -0.05) is 39.5 Å². The zero-order valence-electron chi connectivity index (χ0n) is 13.2. The van der Waals surface area contributed by atoms with E-state index >= 15 is 0 Å². The first-order valence-electron chi connectivity index (χ1n) is 8.49. The van der Waals surface area contributed by atoms with E-state index in [1.165, 1.54) is 51.4 Å². The van der Waals surface area contributed by atoms with Crippen molar-refractivity contribution in [3.05, 3.63) is 0 Å². The molecular formula is C17H34N2. The van der Waals surface area contributed by atoms with Crippen molar-refractivity contribution in [3.63, 3.8) is 0 Å². The van der Waals surface area contributed by atoms with E-state index in [0.29, 0.717) is 11.8 Å². The summed E-state index contributed by atoms with van der Waals surface area (Å²) in [7, 11) is 0. The zero-order valence-corrected chi connectivity index (χ0v) is 13.2. The molecule has 0 spiro atoms. The smallest absolute Gasteiger partial charge is 0.0362 e. The van der Waals surface area contributed by atoms with Crippen molar-refractivity contribution in [1.82, 2.24) is 0 Å². The molecule has 2 aliphatic carbocycles. The molecule has 5 unspecified atom stereocenters. The normalized spacial score (nSPS) is 41.5. The predicted molar refractivity (Wildman–Crippen MR) is 82.8 cm³/mol. The largest absolute Gasteiger partial charge is 0.326 e. The van der Waals surface area contributed by atoms with Crippen LogP contribution in [0.4, 0.5) is 0 Å². The highest BCUT2D eigenvalue weighted by Crippen LogP contribution is 2.45. The van der Waals surface area contributed by atoms with Crippen LogP contribution in [-0.4, -0.2) is 11.6 Å². The van der Waals surface area contributed by atoms with Crippen molar-refractivity contribution in [2.45, 2.75) is 83.7 Å². The second-order valence-corrected chi connectivity index (χ2v) is 7.73. The molecule has 4 N–H and O–H groups in total. The third-order valence-electron chi connectivity index (χ3n) is 6.08. The van der Waals surface area contributed by atoms with Crippen molar-refractivity contribution < 1.29 is 0 Å². The summed E-state index contributed by atoms with van der Waals surface area (Å²) in [5.41, 5.74) is 13.3. The molecule has 2 saturated carbocycles. The van der Waals surface area contributed by atoms with Crippen LogP contribution in [0.2, 0.25) is 0 Å². The quantitative estimate of drug-likeness (QED) is 0.818. The molecule has 0 bridgehead atoms. The van der Waals surface area contributed by atoms with E-state index in [2.05, 4.69) is 20.8 Å². The van der Waals surface area contributed by atoms with Crippen molar-refractivity contribution in [2.75, 3.05) is 0 Å². The summed E-state index contributed by atoms with van der Waals surface area (Å²) in [6.45, 7) is 6.92. The minimum absolute atomic E-state index is 0.122. The maximum Gasteiger partial charge on any atom is 0.0362 e. The van der Waals surface area contributed by atoms with E-state index in [1.807, 2.05) is 0 Å². The van der Waals surface area contributed by atoms with Crippen molar-refractivity contribution in [3.8, 4) is 0 Å². The lowest BCUT2D eigenvalue weighted by molar-refractivity contribution is 0.0606. The molecule has 0 radical (unpaired) electrons. The van der Waals surface area contributed by atoms with Crippen LogP contribution in [0.15, 0.2) is 0 Å². The van der Waals surface area contributed by atoms with Gasteiger partial charge >= 0.3 is 0 Å². The van der Waals surface area contributed by atoms with Crippen LogP contribution in [0.5, 0.6) is 0 Å². The fourth-order valence-corrected chi connectivity index (χ4v) is 4.85. The molecule has 0 aliphatic heterocycles. The zero-order chi connectivity index (χ0) is 14.0. The first-order chi connectivity index (χ1) is 8.94. The summed E-state index contributed by atoms with van der Waals surface area (Å²) in [5, 5.41) is 0. The highest BCUT2D eigenvalue weighted by molar-refractivity contribution is 5.04. The first-order valence-corrected chi connectivity index (χ1v) is 8.49. The van der Waals surface area contributed by atoms with Crippen molar-refractivity contribution in [2.24, 2.45) is 35.1 Å². The molecular weight excluding hydrogens is 232 g/mol. The summed E-state index contributed by atoms with van der Waals surface area (Å²) in [6, 6.07) is 0.123. The van der Waals surface area contributed by atoms with E-state index < -0.39 is 0 Å². The van der Waals surface area contributed by atoms with Gasteiger partial charge in [0.25, 0.3) is 0 Å². The van der Waals surface area contributed by atoms with Gasteiger partial charge in [0.15, 0.2) is 0 Å². The number of rotatable bonds is 3. The van der Waals surface area contributed by atoms with Gasteiger partial charge in [-0.25, -0.2) is 0 Å². The fourth-order valence-electron chi connectivity index (χ4n) is 4.85. The SMILES string of the molecule is CC1CCCC(C(N)(C(C)N)C2CCCC(C)C2)C1. The lowest BCUT2D eigenvalue weighted by Gasteiger charge is -2.51. The Kier molecular flexibility index (Phi) is 4.94. The van der Waals surface area contributed by atoms with E-state index in [4.69, 9.17) is 11.5 Å². The molecule has 5 atom stereocenters. The highest BCUT2D eigenvalue weighted by Gasteiger charge is 2.46. The number of nitrogens with two attached hydrogens (primary N) is 2. The van der Waals surface area contributed by atoms with Crippen molar-refractivity contribution >= 4 is 0 Å². The molecule has 0 saturated heterocycles. The Bertz CT molecular complexity index is 265. The van der Waals surface area contributed by atoms with Gasteiger partial charge in [-0.2, -0.15) is 0 Å². The predicted octanol–water partition coefficient (Wildman–Crippen LogP) is 3.68. The van der Waals surface area contributed by atoms with Gasteiger partial charge in [-0.05, 0) is 56.3 Å². The molecule has 0 amide bonds. The van der Waals surface area contributed by atoms with Gasteiger partial charge in [-0.15, -0.1) is 0 Å². The van der Waals surface area contributed by atoms with E-state index in [1.54, 1.807) is 0 Å². The Balaban J connectivity index is 2.16. The Morgan fingerprint density at radius 1 is 0.895 bits per heavy atom. The standard InChI is InChI=1S/C17H34N2/c1-12-6-4-8-15(10-12)17(19,14(3)18)16-9-5-7-13(2)11-16/h12-16H,4-11,18-19H2,1-3H3. The van der Waals surface area contributed by atoms with Crippen LogP contribution in [-0.2, 0) is 0 Å². The average Bonchev–Trinajstić information content (AvgIpc) is 2.37. The van der Waals surface area contributed by atoms with E-state index in [9.17, 15) is 0 Å². The number of hydrogen-bond donors (Lipinski definition) is 2. The van der Waals surface area contributed by atoms with Crippen LogP contribution < -0.4 is 11.5 Å². The van der Waals surface area contributed by atoms with Gasteiger partial charge in [-0.3, -0.25) is 0 Å². The second kappa shape index (κ2) is 6.13. The third kappa shape index (κ3) is 3.16. The van der Waals surface area contributed by atoms with Gasteiger partial charge in [0.2, 0.25) is 0 Å². The van der Waals surface area contributed by atoms with Crippen LogP contribution in [0.3, 0.4) is 0 Å². The third-order valence-corrected chi connectivity index (χ3v) is 6.08. The minimum Gasteiger partial charge on any atom is -0.326 e. The maximum atomic E-state index is 6.99. The van der Waals surface area contributed by atoms with Gasteiger partial charge in [0, 0.05) is 11.6 Å². The summed E-state index contributed by atoms with van der Waals surface area (Å²) in [6.07, 6.45) is 10.6. The molecule has 2 aliphatic rings. The molecule has 0 heterocycles. The molecule has 2 heteroatoms. The van der Waals surface area contributed by atoms with E-state index in [0.717, 1.165) is 11.8 Å². The Hall–Kier alpha value is -0.0800. The van der Waals surface area contributed by atoms with Gasteiger partial charge in [0.05, 0.1) is 0 Å². The maximum absolute atomic E-state index is 6.99. The lowest BCUT2D eigenvalue weighted by Crippen LogP contribution is -2.64. The monoisotopic (exact) mass is 266 g/mol. The Labute approximate surface area is 119 Å². The summed E-state index contributed by atoms with van der Waals surface area (Å²) < 4.78 is 0. The first kappa shape index (κ1) is 15.3. The minimum atomic E-state index is -0.122. The summed E-state index contributed by atoms with van der Waals surface area (Å²) in [4.78, 5) is 0. The number of hydrogen-bond acceptors (Lipinski definition) is 2. The average molecular weight is 266 g/mol. The highest BCUT2D eigenvalue weighted by atomic mass is 14.9. The van der Waals surface area contributed by atoms with Crippen LogP contribution in [0, 0.1) is 23.7 Å². The summed E-state index contributed by atoms with van der Waals surface area (Å²) in [5.74, 6) is 2.96. The molecule has 2 nitrogen and oxygen atoms in total. The van der Waals surface area contributed by atoms with Crippen LogP contribution in [0.25, 0.3) is 0 Å². The molecule has 2 fully saturated rings. The van der Waals surface area contributed by atoms with E-state index in [-0.39, 0.29) is 11.6 Å². The topological polar surface area (TPSA) is 52.0 Å². The van der Waals surface area contributed by atoms with Gasteiger partial charge in [0.1, 0.15) is 0 Å². The van der Waals surface area contributed by atoms with Gasteiger partial charge < -0.3 is 11.5 Å². The second-order valence-electron chi connectivity index (χ2n) is 7.73. The molecule has 2 rings (SSSR count). The molecule has 112 valence electrons. The van der Waals surface area contributed by atoms with Crippen LogP contribution in [0.1, 0.15) is 72.1 Å². The summed E-state index contributed by atoms with van der Waals surface area (Å²) >= 11 is 0. The molecule has 0 aromatic carbocycles. The Morgan fingerprint density at radius 3 is 1.63 bits per heavy atom. The van der Waals surface area contributed by atoms with Crippen LogP contribution >= 0.6 is 0 Å². The van der Waals surface area contributed by atoms with Crippen molar-refractivity contribution in [1.29, 1.82) is 0 Å². The Morgan fingerprint density at radius 2 is 1.32 bits per heavy atom. The lowest BCUT2D eigenvalue weighted by atomic mass is 9.60.